The standard InChI is InChI=1S/C22H24N6O4S/c1-14-24-18-8-7-17(11-19(18)33-14)25-20-26-21(30)27(9-2-10-32-23)22(31)28(20)12-15-3-5-16(13-29)6-4-15/h3-8,11,13-14,24H,2,9-10,12,23H2,1H3,(H,25,26,30). The zero-order chi connectivity index (χ0) is 23.4. The first-order valence-electron chi connectivity index (χ1n) is 10.4. The number of rotatable bonds is 9. The van der Waals surface area contributed by atoms with E-state index in [1.165, 1.54) is 4.57 Å². The molecule has 1 aromatic heterocycles. The zero-order valence-corrected chi connectivity index (χ0v) is 18.8. The van der Waals surface area contributed by atoms with Crippen molar-refractivity contribution in [2.75, 3.05) is 17.2 Å². The molecule has 1 aliphatic heterocycles. The fraction of sp³-hybridized carbons (Fsp3) is 0.273. The molecular formula is C22H24N6O4S. The predicted octanol–water partition coefficient (Wildman–Crippen LogP) is 2.15. The van der Waals surface area contributed by atoms with Gasteiger partial charge in [-0.2, -0.15) is 4.98 Å². The van der Waals surface area contributed by atoms with Crippen LogP contribution in [0.1, 0.15) is 29.3 Å². The van der Waals surface area contributed by atoms with Crippen LogP contribution in [0.2, 0.25) is 0 Å². The summed E-state index contributed by atoms with van der Waals surface area (Å²) >= 11 is 1.69. The van der Waals surface area contributed by atoms with Crippen molar-refractivity contribution in [2.45, 2.75) is 36.7 Å². The van der Waals surface area contributed by atoms with E-state index >= 15 is 0 Å². The highest BCUT2D eigenvalue weighted by atomic mass is 32.2. The maximum absolute atomic E-state index is 13.3. The van der Waals surface area contributed by atoms with Crippen molar-refractivity contribution in [1.29, 1.82) is 0 Å². The van der Waals surface area contributed by atoms with Gasteiger partial charge in [0.25, 0.3) is 0 Å². The molecule has 11 heteroatoms. The number of nitrogens with two attached hydrogens (primary N) is 1. The number of hydrogen-bond acceptors (Lipinski definition) is 9. The second-order valence-electron chi connectivity index (χ2n) is 7.56. The number of benzene rings is 2. The molecule has 3 aromatic rings. The van der Waals surface area contributed by atoms with Crippen LogP contribution in [0.15, 0.2) is 56.9 Å². The van der Waals surface area contributed by atoms with Crippen molar-refractivity contribution >= 4 is 35.4 Å². The van der Waals surface area contributed by atoms with Gasteiger partial charge in [0.1, 0.15) is 6.29 Å². The summed E-state index contributed by atoms with van der Waals surface area (Å²) in [4.78, 5) is 46.6. The van der Waals surface area contributed by atoms with Crippen LogP contribution < -0.4 is 27.9 Å². The van der Waals surface area contributed by atoms with Gasteiger partial charge in [0.15, 0.2) is 0 Å². The van der Waals surface area contributed by atoms with Crippen molar-refractivity contribution in [3.05, 3.63) is 74.6 Å². The molecule has 0 amide bonds. The lowest BCUT2D eigenvalue weighted by Gasteiger charge is -2.16. The number of thioether (sulfide) groups is 1. The minimum absolute atomic E-state index is 0.130. The Morgan fingerprint density at radius 1 is 1.21 bits per heavy atom. The minimum atomic E-state index is -0.655. The smallest absolute Gasteiger partial charge is 0.354 e. The second-order valence-corrected chi connectivity index (χ2v) is 8.95. The Balaban J connectivity index is 1.71. The monoisotopic (exact) mass is 468 g/mol. The number of carbonyl (C=O) groups excluding carboxylic acids is 1. The lowest BCUT2D eigenvalue weighted by molar-refractivity contribution is 0.112. The molecule has 172 valence electrons. The molecule has 0 saturated carbocycles. The Morgan fingerprint density at radius 3 is 2.73 bits per heavy atom. The van der Waals surface area contributed by atoms with Crippen LogP contribution in [0.5, 0.6) is 0 Å². The fourth-order valence-corrected chi connectivity index (χ4v) is 4.55. The van der Waals surface area contributed by atoms with E-state index in [4.69, 9.17) is 5.90 Å². The lowest BCUT2D eigenvalue weighted by atomic mass is 10.1. The molecule has 0 radical (unpaired) electrons. The van der Waals surface area contributed by atoms with Crippen LogP contribution in [0.4, 0.5) is 17.3 Å². The van der Waals surface area contributed by atoms with E-state index in [0.717, 1.165) is 27.0 Å². The molecule has 0 aliphatic carbocycles. The maximum atomic E-state index is 13.3. The SMILES string of the molecule is CC1Nc2ccc(Nc3nc(=O)n(CCCON)c(=O)n3Cc3ccc(C=O)cc3)cc2S1. The second kappa shape index (κ2) is 10.0. The van der Waals surface area contributed by atoms with E-state index in [9.17, 15) is 14.4 Å². The number of nitrogens with one attached hydrogen (secondary N) is 2. The number of anilines is 3. The summed E-state index contributed by atoms with van der Waals surface area (Å²) in [7, 11) is 0. The van der Waals surface area contributed by atoms with Crippen molar-refractivity contribution in [3.8, 4) is 0 Å². The molecule has 0 spiro atoms. The first-order chi connectivity index (χ1) is 16.0. The summed E-state index contributed by atoms with van der Waals surface area (Å²) in [5.41, 5.74) is 1.91. The van der Waals surface area contributed by atoms with Gasteiger partial charge >= 0.3 is 11.4 Å². The van der Waals surface area contributed by atoms with Gasteiger partial charge in [-0.1, -0.05) is 36.0 Å². The van der Waals surface area contributed by atoms with Gasteiger partial charge in [0.05, 0.1) is 18.5 Å². The molecule has 1 aliphatic rings. The summed E-state index contributed by atoms with van der Waals surface area (Å²) in [5.74, 6) is 5.19. The van der Waals surface area contributed by atoms with E-state index in [1.54, 1.807) is 36.0 Å². The highest BCUT2D eigenvalue weighted by Gasteiger charge is 2.19. The molecule has 2 aromatic carbocycles. The summed E-state index contributed by atoms with van der Waals surface area (Å²) in [6.07, 6.45) is 1.15. The molecule has 2 heterocycles. The van der Waals surface area contributed by atoms with Gasteiger partial charge in [0, 0.05) is 28.4 Å². The van der Waals surface area contributed by atoms with Crippen molar-refractivity contribution in [3.63, 3.8) is 0 Å². The Bertz CT molecular complexity index is 1270. The molecule has 33 heavy (non-hydrogen) atoms. The van der Waals surface area contributed by atoms with Gasteiger partial charge < -0.3 is 15.5 Å². The van der Waals surface area contributed by atoms with Gasteiger partial charge in [-0.05, 0) is 37.1 Å². The quantitative estimate of drug-likeness (QED) is 0.245. The predicted molar refractivity (Wildman–Crippen MR) is 127 cm³/mol. The van der Waals surface area contributed by atoms with Crippen LogP contribution in [0, 0.1) is 0 Å². The molecule has 1 atom stereocenters. The largest absolute Gasteiger partial charge is 0.372 e. The van der Waals surface area contributed by atoms with Crippen molar-refractivity contribution in [1.82, 2.24) is 14.1 Å². The summed E-state index contributed by atoms with van der Waals surface area (Å²) in [5, 5.41) is 6.76. The number of aromatic nitrogens is 3. The number of fused-ring (bicyclic) bond motifs is 1. The highest BCUT2D eigenvalue weighted by molar-refractivity contribution is 8.00. The minimum Gasteiger partial charge on any atom is -0.372 e. The van der Waals surface area contributed by atoms with Crippen LogP contribution in [-0.2, 0) is 17.9 Å². The molecule has 1 unspecified atom stereocenters. The highest BCUT2D eigenvalue weighted by Crippen LogP contribution is 2.39. The van der Waals surface area contributed by atoms with Crippen LogP contribution >= 0.6 is 11.8 Å². The van der Waals surface area contributed by atoms with Crippen LogP contribution in [0.3, 0.4) is 0 Å². The zero-order valence-electron chi connectivity index (χ0n) is 18.0. The van der Waals surface area contributed by atoms with Gasteiger partial charge in [-0.3, -0.25) is 9.36 Å². The van der Waals surface area contributed by atoms with Crippen molar-refractivity contribution < 1.29 is 9.63 Å². The third-order valence-corrected chi connectivity index (χ3v) is 6.21. The van der Waals surface area contributed by atoms with E-state index in [-0.39, 0.29) is 31.0 Å². The molecule has 0 saturated heterocycles. The molecule has 0 bridgehead atoms. The van der Waals surface area contributed by atoms with E-state index in [1.807, 2.05) is 18.2 Å². The number of nitrogens with zero attached hydrogens (tertiary/aromatic N) is 3. The summed E-state index contributed by atoms with van der Waals surface area (Å²) in [6.45, 7) is 2.57. The Labute approximate surface area is 193 Å². The fourth-order valence-electron chi connectivity index (χ4n) is 3.53. The Morgan fingerprint density at radius 2 is 2.00 bits per heavy atom. The van der Waals surface area contributed by atoms with Crippen LogP contribution in [0.25, 0.3) is 0 Å². The molecule has 0 fully saturated rings. The number of aldehydes is 1. The third kappa shape index (κ3) is 5.16. The third-order valence-electron chi connectivity index (χ3n) is 5.15. The average molecular weight is 469 g/mol. The summed E-state index contributed by atoms with van der Waals surface area (Å²) in [6, 6.07) is 12.6. The van der Waals surface area contributed by atoms with Gasteiger partial charge in [-0.25, -0.2) is 20.1 Å². The van der Waals surface area contributed by atoms with Gasteiger partial charge in [-0.15, -0.1) is 0 Å². The normalized spacial score (nSPS) is 14.5. The summed E-state index contributed by atoms with van der Waals surface area (Å²) < 4.78 is 2.47. The molecule has 4 rings (SSSR count). The molecule has 4 N–H and O–H groups in total. The number of hydrogen-bond donors (Lipinski definition) is 3. The maximum Gasteiger partial charge on any atom is 0.354 e. The van der Waals surface area contributed by atoms with Crippen molar-refractivity contribution in [2.24, 2.45) is 5.90 Å². The van der Waals surface area contributed by atoms with E-state index < -0.39 is 11.4 Å². The van der Waals surface area contributed by atoms with E-state index in [0.29, 0.717) is 17.7 Å². The Hall–Kier alpha value is -3.41. The van der Waals surface area contributed by atoms with E-state index in [2.05, 4.69) is 27.4 Å². The first-order valence-corrected chi connectivity index (χ1v) is 11.3. The molecule has 10 nitrogen and oxygen atoms in total. The number of carbonyl (C=O) groups is 1. The molecular weight excluding hydrogens is 444 g/mol. The lowest BCUT2D eigenvalue weighted by Crippen LogP contribution is -2.43. The topological polar surface area (TPSA) is 133 Å². The van der Waals surface area contributed by atoms with Crippen LogP contribution in [-0.4, -0.2) is 32.4 Å². The van der Waals surface area contributed by atoms with Gasteiger partial charge in [0.2, 0.25) is 5.95 Å². The average Bonchev–Trinajstić information content (AvgIpc) is 3.18. The first kappa shape index (κ1) is 22.8. The Kier molecular flexibility index (Phi) is 6.92.